The largest absolute Gasteiger partial charge is 0.398 e. The van der Waals surface area contributed by atoms with E-state index in [0.29, 0.717) is 17.0 Å². The lowest BCUT2D eigenvalue weighted by molar-refractivity contribution is 0.404. The van der Waals surface area contributed by atoms with Crippen LogP contribution in [0, 0.1) is 6.92 Å². The number of nitrogens with two attached hydrogens (primary N) is 1. The summed E-state index contributed by atoms with van der Waals surface area (Å²) in [4.78, 5) is 0.0723. The molecule has 1 fully saturated rings. The summed E-state index contributed by atoms with van der Waals surface area (Å²) in [5.74, 6) is 0.825. The van der Waals surface area contributed by atoms with Gasteiger partial charge in [-0.2, -0.15) is 16.1 Å². The van der Waals surface area contributed by atoms with Crippen LogP contribution in [0.3, 0.4) is 0 Å². The van der Waals surface area contributed by atoms with Crippen molar-refractivity contribution in [3.05, 3.63) is 23.8 Å². The van der Waals surface area contributed by atoms with E-state index in [0.717, 1.165) is 10.6 Å². The van der Waals surface area contributed by atoms with Gasteiger partial charge in [-0.25, -0.2) is 16.8 Å². The molecule has 21 heavy (non-hydrogen) atoms. The molecule has 2 N–H and O–H groups in total. The molecule has 1 aliphatic heterocycles. The van der Waals surface area contributed by atoms with Crippen LogP contribution >= 0.6 is 11.8 Å². The van der Waals surface area contributed by atoms with Crippen LogP contribution < -0.4 is 5.73 Å². The van der Waals surface area contributed by atoms with Crippen molar-refractivity contribution < 1.29 is 16.8 Å². The molecule has 0 saturated carbocycles. The standard InChI is InChI=1S/C12H18N2O4S3/c1-9-10(13)4-3-5-11(9)21(17,18)14-6-7-19-8-12(14)20(2,15)16/h3-5,12H,6-8,13H2,1-2H3. The van der Waals surface area contributed by atoms with Gasteiger partial charge in [0.05, 0.1) is 4.90 Å². The highest BCUT2D eigenvalue weighted by Crippen LogP contribution is 2.30. The minimum atomic E-state index is -3.89. The molecule has 1 aromatic rings. The van der Waals surface area contributed by atoms with E-state index in [1.807, 2.05) is 0 Å². The molecule has 0 spiro atoms. The van der Waals surface area contributed by atoms with Crippen molar-refractivity contribution in [3.63, 3.8) is 0 Å². The number of sulfone groups is 1. The van der Waals surface area contributed by atoms with Crippen LogP contribution in [0.4, 0.5) is 5.69 Å². The maximum Gasteiger partial charge on any atom is 0.244 e. The van der Waals surface area contributed by atoms with E-state index in [9.17, 15) is 16.8 Å². The van der Waals surface area contributed by atoms with Crippen LogP contribution in [-0.2, 0) is 19.9 Å². The average molecular weight is 350 g/mol. The Kier molecular flexibility index (Phi) is 4.57. The van der Waals surface area contributed by atoms with Crippen LogP contribution in [0.25, 0.3) is 0 Å². The zero-order chi connectivity index (χ0) is 15.8. The maximum atomic E-state index is 12.8. The van der Waals surface area contributed by atoms with E-state index in [4.69, 9.17) is 5.73 Å². The molecule has 6 nitrogen and oxygen atoms in total. The lowest BCUT2D eigenvalue weighted by Crippen LogP contribution is -2.49. The van der Waals surface area contributed by atoms with Crippen LogP contribution in [0.2, 0.25) is 0 Å². The second-order valence-electron chi connectivity index (χ2n) is 4.95. The van der Waals surface area contributed by atoms with Crippen LogP contribution in [0.15, 0.2) is 23.1 Å². The zero-order valence-corrected chi connectivity index (χ0v) is 14.3. The number of hydrogen-bond acceptors (Lipinski definition) is 6. The van der Waals surface area contributed by atoms with Gasteiger partial charge < -0.3 is 5.73 Å². The highest BCUT2D eigenvalue weighted by atomic mass is 32.2. The number of hydrogen-bond donors (Lipinski definition) is 1. The van der Waals surface area contributed by atoms with Gasteiger partial charge >= 0.3 is 0 Å². The molecule has 0 bridgehead atoms. The molecule has 1 heterocycles. The van der Waals surface area contributed by atoms with Crippen molar-refractivity contribution in [3.8, 4) is 0 Å². The van der Waals surface area contributed by atoms with E-state index in [2.05, 4.69) is 0 Å². The molecule has 1 aliphatic rings. The fraction of sp³-hybridized carbons (Fsp3) is 0.500. The van der Waals surface area contributed by atoms with Crippen molar-refractivity contribution in [1.82, 2.24) is 4.31 Å². The molecule has 1 saturated heterocycles. The summed E-state index contributed by atoms with van der Waals surface area (Å²) >= 11 is 1.44. The maximum absolute atomic E-state index is 12.8. The Morgan fingerprint density at radius 2 is 1.95 bits per heavy atom. The summed E-state index contributed by atoms with van der Waals surface area (Å²) in [7, 11) is -7.38. The molecule has 1 unspecified atom stereocenters. The number of nitrogens with zero attached hydrogens (tertiary/aromatic N) is 1. The minimum Gasteiger partial charge on any atom is -0.398 e. The van der Waals surface area contributed by atoms with Crippen LogP contribution in [0.5, 0.6) is 0 Å². The van der Waals surface area contributed by atoms with Crippen molar-refractivity contribution >= 4 is 37.3 Å². The predicted octanol–water partition coefficient (Wildman–Crippen LogP) is 0.685. The lowest BCUT2D eigenvalue weighted by Gasteiger charge is -2.33. The Bertz CT molecular complexity index is 744. The van der Waals surface area contributed by atoms with Crippen LogP contribution in [-0.4, -0.2) is 50.8 Å². The van der Waals surface area contributed by atoms with E-state index >= 15 is 0 Å². The second kappa shape index (κ2) is 5.79. The molecule has 0 amide bonds. The van der Waals surface area contributed by atoms with E-state index in [1.165, 1.54) is 17.8 Å². The Morgan fingerprint density at radius 1 is 1.29 bits per heavy atom. The summed E-state index contributed by atoms with van der Waals surface area (Å²) in [5, 5.41) is -1.03. The Morgan fingerprint density at radius 3 is 2.57 bits per heavy atom. The predicted molar refractivity (Wildman–Crippen MR) is 85.4 cm³/mol. The average Bonchev–Trinajstić information content (AvgIpc) is 2.41. The minimum absolute atomic E-state index is 0.0723. The first-order valence-corrected chi connectivity index (χ1v) is 10.8. The van der Waals surface area contributed by atoms with Gasteiger partial charge in [-0.1, -0.05) is 6.07 Å². The smallest absolute Gasteiger partial charge is 0.244 e. The first-order valence-electron chi connectivity index (χ1n) is 6.29. The van der Waals surface area contributed by atoms with Gasteiger partial charge in [0.15, 0.2) is 9.84 Å². The van der Waals surface area contributed by atoms with E-state index < -0.39 is 25.2 Å². The molecule has 9 heteroatoms. The molecule has 1 aromatic carbocycles. The van der Waals surface area contributed by atoms with E-state index in [-0.39, 0.29) is 17.2 Å². The van der Waals surface area contributed by atoms with Crippen LogP contribution in [0.1, 0.15) is 5.56 Å². The van der Waals surface area contributed by atoms with Crippen molar-refractivity contribution in [2.45, 2.75) is 17.2 Å². The Balaban J connectivity index is 2.54. The zero-order valence-electron chi connectivity index (χ0n) is 11.8. The summed E-state index contributed by atoms with van der Waals surface area (Å²) in [6.45, 7) is 1.80. The number of benzene rings is 1. The lowest BCUT2D eigenvalue weighted by atomic mass is 10.2. The fourth-order valence-corrected chi connectivity index (χ4v) is 7.64. The monoisotopic (exact) mass is 350 g/mol. The van der Waals surface area contributed by atoms with Crippen molar-refractivity contribution in [2.75, 3.05) is 30.0 Å². The number of sulfonamides is 1. The molecule has 118 valence electrons. The third-order valence-electron chi connectivity index (χ3n) is 3.44. The van der Waals surface area contributed by atoms with Gasteiger partial charge in [0.25, 0.3) is 0 Å². The molecule has 1 atom stereocenters. The molecular formula is C12H18N2O4S3. The SMILES string of the molecule is Cc1c(N)cccc1S(=O)(=O)N1CCSCC1S(C)(=O)=O. The highest BCUT2D eigenvalue weighted by molar-refractivity contribution is 8.01. The first-order chi connectivity index (χ1) is 9.65. The number of rotatable bonds is 3. The summed E-state index contributed by atoms with van der Waals surface area (Å²) in [6.07, 6.45) is 1.07. The normalized spacial score (nSPS) is 21.3. The van der Waals surface area contributed by atoms with Gasteiger partial charge in [-0.05, 0) is 24.6 Å². The third kappa shape index (κ3) is 3.20. The second-order valence-corrected chi connectivity index (χ2v) is 10.2. The molecule has 0 aromatic heterocycles. The topological polar surface area (TPSA) is 97.5 Å². The van der Waals surface area contributed by atoms with Gasteiger partial charge in [0.2, 0.25) is 10.0 Å². The van der Waals surface area contributed by atoms with Gasteiger partial charge in [0.1, 0.15) is 5.37 Å². The molecular weight excluding hydrogens is 332 g/mol. The Labute approximate surface area is 129 Å². The van der Waals surface area contributed by atoms with Crippen molar-refractivity contribution in [2.24, 2.45) is 0 Å². The Hall–Kier alpha value is -0.770. The summed E-state index contributed by atoms with van der Waals surface area (Å²) in [5.41, 5.74) is 6.58. The number of anilines is 1. The van der Waals surface area contributed by atoms with Gasteiger partial charge in [-0.3, -0.25) is 0 Å². The summed E-state index contributed by atoms with van der Waals surface area (Å²) < 4.78 is 50.5. The van der Waals surface area contributed by atoms with Gasteiger partial charge in [-0.15, -0.1) is 0 Å². The molecule has 0 radical (unpaired) electrons. The van der Waals surface area contributed by atoms with E-state index in [1.54, 1.807) is 19.1 Å². The number of thioether (sulfide) groups is 1. The first kappa shape index (κ1) is 16.6. The molecule has 2 rings (SSSR count). The van der Waals surface area contributed by atoms with Crippen molar-refractivity contribution in [1.29, 1.82) is 0 Å². The third-order valence-corrected chi connectivity index (χ3v) is 8.27. The number of nitrogen functional groups attached to an aromatic ring is 1. The summed E-state index contributed by atoms with van der Waals surface area (Å²) in [6, 6.07) is 4.64. The fourth-order valence-electron chi connectivity index (χ4n) is 2.22. The quantitative estimate of drug-likeness (QED) is 0.805. The highest BCUT2D eigenvalue weighted by Gasteiger charge is 2.39. The molecule has 0 aliphatic carbocycles. The van der Waals surface area contributed by atoms with Gasteiger partial charge in [0, 0.05) is 30.0 Å².